The van der Waals surface area contributed by atoms with E-state index in [0.29, 0.717) is 18.5 Å². The Morgan fingerprint density at radius 1 is 0.897 bits per heavy atom. The molecule has 0 aromatic heterocycles. The van der Waals surface area contributed by atoms with Crippen LogP contribution in [0.2, 0.25) is 0 Å². The Kier molecular flexibility index (Phi) is 8.46. The number of rotatable bonds is 6. The van der Waals surface area contributed by atoms with Crippen molar-refractivity contribution in [3.63, 3.8) is 0 Å². The average Bonchev–Trinajstić information content (AvgIpc) is 3.20. The maximum atomic E-state index is 13.5. The summed E-state index contributed by atoms with van der Waals surface area (Å²) in [5, 5.41) is 0. The summed E-state index contributed by atoms with van der Waals surface area (Å²) in [7, 11) is 0. The lowest BCUT2D eigenvalue weighted by Gasteiger charge is -2.40. The average molecular weight is 540 g/mol. The summed E-state index contributed by atoms with van der Waals surface area (Å²) in [5.41, 5.74) is 2.62. The maximum absolute atomic E-state index is 13.5. The van der Waals surface area contributed by atoms with E-state index in [-0.39, 0.29) is 30.0 Å². The number of ether oxygens (including phenoxy) is 3. The van der Waals surface area contributed by atoms with Gasteiger partial charge in [0.05, 0.1) is 11.8 Å². The van der Waals surface area contributed by atoms with Crippen molar-refractivity contribution in [2.24, 2.45) is 0 Å². The van der Waals surface area contributed by atoms with E-state index in [0.717, 1.165) is 49.6 Å². The number of carbonyl (C=O) groups excluding carboxylic acids is 3. The Hall–Kier alpha value is -3.63. The minimum absolute atomic E-state index is 0. The van der Waals surface area contributed by atoms with Gasteiger partial charge in [0, 0.05) is 50.7 Å². The normalized spacial score (nSPS) is 19.9. The second kappa shape index (κ2) is 11.6. The van der Waals surface area contributed by atoms with Crippen molar-refractivity contribution in [3.8, 4) is 5.75 Å². The lowest BCUT2D eigenvalue weighted by molar-refractivity contribution is -0.247. The van der Waals surface area contributed by atoms with Crippen molar-refractivity contribution in [2.75, 3.05) is 37.6 Å². The van der Waals surface area contributed by atoms with Crippen LogP contribution in [0.1, 0.15) is 62.0 Å². The van der Waals surface area contributed by atoms with Gasteiger partial charge in [0.25, 0.3) is 5.91 Å². The van der Waals surface area contributed by atoms with Crippen molar-refractivity contribution in [1.82, 2.24) is 9.80 Å². The second-order valence-electron chi connectivity index (χ2n) is 10.4. The molecule has 0 radical (unpaired) electrons. The molecule has 1 amide bonds. The Balaban J connectivity index is 0.00000353. The van der Waals surface area contributed by atoms with Crippen LogP contribution in [0.25, 0.3) is 0 Å². The molecule has 2 aromatic carbocycles. The number of nitrogens with zero attached hydrogens (tertiary/aromatic N) is 3. The molecule has 3 fully saturated rings. The molecule has 3 saturated heterocycles. The molecular formula is C29H37N3O7. The molecule has 5 rings (SSSR count). The van der Waals surface area contributed by atoms with Crippen LogP contribution < -0.4 is 9.64 Å². The van der Waals surface area contributed by atoms with Gasteiger partial charge in [0.2, 0.25) is 0 Å². The van der Waals surface area contributed by atoms with E-state index in [1.165, 1.54) is 4.90 Å². The number of para-hydroxylation sites is 2. The fourth-order valence-corrected chi connectivity index (χ4v) is 5.51. The second-order valence-corrected chi connectivity index (χ2v) is 10.4. The molecule has 2 aromatic rings. The number of likely N-dealkylation sites (tertiary alicyclic amines) is 1. The summed E-state index contributed by atoms with van der Waals surface area (Å²) in [6, 6.07) is 15.8. The van der Waals surface area contributed by atoms with E-state index in [1.54, 1.807) is 6.07 Å². The number of piperazine rings is 1. The first kappa shape index (κ1) is 28.4. The molecule has 0 bridgehead atoms. The molecule has 2 N–H and O–H groups in total. The highest BCUT2D eigenvalue weighted by Crippen LogP contribution is 2.36. The number of hydrogen-bond donors (Lipinski definition) is 0. The number of carbonyl (C=O) groups is 3. The summed E-state index contributed by atoms with van der Waals surface area (Å²) in [4.78, 5) is 43.3. The van der Waals surface area contributed by atoms with E-state index >= 15 is 0 Å². The van der Waals surface area contributed by atoms with Gasteiger partial charge in [-0.2, -0.15) is 0 Å². The van der Waals surface area contributed by atoms with E-state index < -0.39 is 17.8 Å². The highest BCUT2D eigenvalue weighted by atomic mass is 16.8. The van der Waals surface area contributed by atoms with Crippen molar-refractivity contribution in [2.45, 2.75) is 58.1 Å². The van der Waals surface area contributed by atoms with Crippen LogP contribution in [0.5, 0.6) is 5.75 Å². The van der Waals surface area contributed by atoms with E-state index in [9.17, 15) is 14.4 Å². The molecule has 1 spiro atoms. The van der Waals surface area contributed by atoms with E-state index in [2.05, 4.69) is 22.8 Å². The summed E-state index contributed by atoms with van der Waals surface area (Å²) in [5.74, 6) is -3.14. The highest BCUT2D eigenvalue weighted by molar-refractivity contribution is 6.31. The van der Waals surface area contributed by atoms with E-state index in [4.69, 9.17) is 14.2 Å². The minimum Gasteiger partial charge on any atom is -0.489 e. The predicted octanol–water partition coefficient (Wildman–Crippen LogP) is 2.91. The van der Waals surface area contributed by atoms with Crippen molar-refractivity contribution in [3.05, 3.63) is 59.7 Å². The van der Waals surface area contributed by atoms with Gasteiger partial charge in [-0.15, -0.1) is 0 Å². The smallest absolute Gasteiger partial charge is 0.422 e. The first-order valence-electron chi connectivity index (χ1n) is 13.4. The highest BCUT2D eigenvalue weighted by Gasteiger charge is 2.55. The van der Waals surface area contributed by atoms with Gasteiger partial charge < -0.3 is 24.6 Å². The monoisotopic (exact) mass is 539 g/mol. The summed E-state index contributed by atoms with van der Waals surface area (Å²) in [6.45, 7) is 10.1. The number of hydrogen-bond acceptors (Lipinski definition) is 8. The van der Waals surface area contributed by atoms with Gasteiger partial charge in [-0.1, -0.05) is 24.3 Å². The van der Waals surface area contributed by atoms with Gasteiger partial charge in [0.15, 0.2) is 0 Å². The van der Waals surface area contributed by atoms with Crippen molar-refractivity contribution in [1.29, 1.82) is 0 Å². The number of benzene rings is 2. The molecular weight excluding hydrogens is 502 g/mol. The van der Waals surface area contributed by atoms with Gasteiger partial charge in [-0.25, -0.2) is 9.59 Å². The molecule has 3 aliphatic heterocycles. The predicted molar refractivity (Wildman–Crippen MR) is 144 cm³/mol. The SMILES string of the molecule is CC(C)Oc1ccccc1N1CCN(C(C)c2cccc(C(=O)N3CCCCC34OC(=O)C(=O)O4)c2)CC1.O. The number of amides is 1. The van der Waals surface area contributed by atoms with Crippen LogP contribution in [-0.2, 0) is 19.1 Å². The van der Waals surface area contributed by atoms with Crippen LogP contribution in [0, 0.1) is 0 Å². The lowest BCUT2D eigenvalue weighted by atomic mass is 10.0. The van der Waals surface area contributed by atoms with Crippen LogP contribution in [0.3, 0.4) is 0 Å². The fraction of sp³-hybridized carbons (Fsp3) is 0.483. The molecule has 39 heavy (non-hydrogen) atoms. The molecule has 0 aliphatic carbocycles. The van der Waals surface area contributed by atoms with Crippen molar-refractivity contribution < 1.29 is 34.1 Å². The third-order valence-electron chi connectivity index (χ3n) is 7.50. The Morgan fingerprint density at radius 3 is 2.28 bits per heavy atom. The molecule has 10 heteroatoms. The fourth-order valence-electron chi connectivity index (χ4n) is 5.51. The van der Waals surface area contributed by atoms with Crippen LogP contribution in [0.15, 0.2) is 48.5 Å². The lowest BCUT2D eigenvalue weighted by Crippen LogP contribution is -2.55. The molecule has 10 nitrogen and oxygen atoms in total. The van der Waals surface area contributed by atoms with Gasteiger partial charge in [0.1, 0.15) is 5.75 Å². The number of anilines is 1. The Morgan fingerprint density at radius 2 is 1.59 bits per heavy atom. The molecule has 1 unspecified atom stereocenters. The van der Waals surface area contributed by atoms with Crippen LogP contribution in [-0.4, -0.2) is 77.9 Å². The standard InChI is InChI=1S/C29H35N3O6.H2O/c1-20(2)36-25-12-5-4-11-24(25)31-17-15-30(16-18-31)21(3)22-9-8-10-23(19-22)26(33)32-14-7-6-13-29(32)37-27(34)28(35)38-29;/h4-5,8-12,19-21H,6-7,13-18H2,1-3H3;1H2. The Bertz CT molecular complexity index is 1190. The molecule has 3 aliphatic rings. The van der Waals surface area contributed by atoms with Gasteiger partial charge in [-0.3, -0.25) is 14.6 Å². The molecule has 3 heterocycles. The largest absolute Gasteiger partial charge is 0.489 e. The summed E-state index contributed by atoms with van der Waals surface area (Å²) < 4.78 is 16.6. The van der Waals surface area contributed by atoms with Crippen LogP contribution in [0.4, 0.5) is 5.69 Å². The minimum atomic E-state index is -1.63. The molecule has 0 saturated carbocycles. The number of esters is 2. The zero-order chi connectivity index (χ0) is 26.9. The quantitative estimate of drug-likeness (QED) is 0.406. The third-order valence-corrected chi connectivity index (χ3v) is 7.50. The Labute approximate surface area is 228 Å². The van der Waals surface area contributed by atoms with E-state index in [1.807, 2.05) is 50.2 Å². The number of piperidine rings is 1. The molecule has 210 valence electrons. The third kappa shape index (κ3) is 5.72. The van der Waals surface area contributed by atoms with Crippen LogP contribution >= 0.6 is 0 Å². The van der Waals surface area contributed by atoms with Gasteiger partial charge in [-0.05, 0) is 63.4 Å². The van der Waals surface area contributed by atoms with Gasteiger partial charge >= 0.3 is 17.8 Å². The topological polar surface area (TPSA) is 120 Å². The molecule has 1 atom stereocenters. The zero-order valence-corrected chi connectivity index (χ0v) is 22.7. The first-order chi connectivity index (χ1) is 18.3. The first-order valence-corrected chi connectivity index (χ1v) is 13.4. The zero-order valence-electron chi connectivity index (χ0n) is 22.7. The van der Waals surface area contributed by atoms with Crippen molar-refractivity contribution >= 4 is 23.5 Å². The summed E-state index contributed by atoms with van der Waals surface area (Å²) >= 11 is 0. The maximum Gasteiger partial charge on any atom is 0.422 e. The summed E-state index contributed by atoms with van der Waals surface area (Å²) in [6.07, 6.45) is 1.83.